The summed E-state index contributed by atoms with van der Waals surface area (Å²) >= 11 is 0. The fraction of sp³-hybridized carbons (Fsp3) is 0.429. The van der Waals surface area contributed by atoms with Gasteiger partial charge in [0.15, 0.2) is 5.58 Å². The van der Waals surface area contributed by atoms with E-state index in [0.717, 1.165) is 12.1 Å². The average Bonchev–Trinajstić information content (AvgIpc) is 2.85. The molecule has 10 heteroatoms. The molecule has 1 fully saturated rings. The number of carbonyl (C=O) groups is 1. The molecular formula is C14H15FN2O6S. The minimum atomic E-state index is -4.16. The maximum atomic E-state index is 14.1. The molecule has 1 aliphatic carbocycles. The first-order valence-corrected chi connectivity index (χ1v) is 8.82. The summed E-state index contributed by atoms with van der Waals surface area (Å²) in [6.45, 7) is 0. The van der Waals surface area contributed by atoms with Crippen molar-refractivity contribution in [3.05, 3.63) is 28.5 Å². The Bertz CT molecular complexity index is 940. The van der Waals surface area contributed by atoms with E-state index < -0.39 is 44.4 Å². The van der Waals surface area contributed by atoms with Crippen LogP contribution in [0.5, 0.6) is 0 Å². The first-order valence-electron chi connectivity index (χ1n) is 7.34. The van der Waals surface area contributed by atoms with E-state index >= 15 is 0 Å². The van der Waals surface area contributed by atoms with Crippen LogP contribution in [0, 0.1) is 11.7 Å². The van der Waals surface area contributed by atoms with Crippen molar-refractivity contribution in [1.29, 1.82) is 0 Å². The van der Waals surface area contributed by atoms with Gasteiger partial charge in [-0.25, -0.2) is 22.3 Å². The number of sulfonamides is 1. The molecule has 1 saturated carbocycles. The van der Waals surface area contributed by atoms with Gasteiger partial charge in [-0.15, -0.1) is 0 Å². The van der Waals surface area contributed by atoms with Gasteiger partial charge < -0.3 is 9.52 Å². The molecule has 0 amide bonds. The number of benzene rings is 1. The summed E-state index contributed by atoms with van der Waals surface area (Å²) in [6, 6.07) is 1.38. The summed E-state index contributed by atoms with van der Waals surface area (Å²) in [6.07, 6.45) is 1.44. The number of carboxylic acid groups (broad SMARTS) is 1. The van der Waals surface area contributed by atoms with Gasteiger partial charge in [0.2, 0.25) is 10.0 Å². The minimum Gasteiger partial charge on any atom is -0.481 e. The second kappa shape index (κ2) is 6.02. The van der Waals surface area contributed by atoms with Crippen molar-refractivity contribution in [2.24, 2.45) is 5.92 Å². The summed E-state index contributed by atoms with van der Waals surface area (Å²) in [5.41, 5.74) is 0.00905. The number of hydrogen-bond donors (Lipinski definition) is 3. The van der Waals surface area contributed by atoms with Crippen LogP contribution in [0.4, 0.5) is 4.39 Å². The molecule has 0 unspecified atom stereocenters. The standard InChI is InChI=1S/C14H15FN2O6S/c15-9-5-10-11(23-14(20)16-10)6-12(9)24(21,22)17-8-3-1-7(2-4-8)13(18)19/h5-8,17H,1-4H2,(H,16,20)(H,18,19). The number of aromatic nitrogens is 1. The van der Waals surface area contributed by atoms with E-state index in [-0.39, 0.29) is 11.1 Å². The van der Waals surface area contributed by atoms with Crippen LogP contribution in [0.2, 0.25) is 0 Å². The Morgan fingerprint density at radius 1 is 1.29 bits per heavy atom. The number of H-pyrrole nitrogens is 1. The molecule has 0 saturated heterocycles. The Kier molecular flexibility index (Phi) is 4.18. The van der Waals surface area contributed by atoms with Crippen LogP contribution in [0.25, 0.3) is 11.1 Å². The lowest BCUT2D eigenvalue weighted by atomic mass is 9.87. The number of nitrogens with one attached hydrogen (secondary N) is 2. The predicted octanol–water partition coefficient (Wildman–Crippen LogP) is 1.18. The molecule has 130 valence electrons. The van der Waals surface area contributed by atoms with E-state index in [9.17, 15) is 22.4 Å². The third kappa shape index (κ3) is 3.20. The summed E-state index contributed by atoms with van der Waals surface area (Å²) in [4.78, 5) is 23.6. The number of oxazole rings is 1. The van der Waals surface area contributed by atoms with Crippen molar-refractivity contribution < 1.29 is 27.1 Å². The van der Waals surface area contributed by atoms with E-state index in [1.54, 1.807) is 0 Å². The van der Waals surface area contributed by atoms with Crippen molar-refractivity contribution in [2.45, 2.75) is 36.6 Å². The monoisotopic (exact) mass is 358 g/mol. The van der Waals surface area contributed by atoms with Crippen LogP contribution in [0.1, 0.15) is 25.7 Å². The SMILES string of the molecule is O=C(O)C1CCC(NS(=O)(=O)c2cc3oc(=O)[nH]c3cc2F)CC1. The largest absolute Gasteiger partial charge is 0.481 e. The lowest BCUT2D eigenvalue weighted by Gasteiger charge is -2.26. The maximum absolute atomic E-state index is 14.1. The Morgan fingerprint density at radius 2 is 1.96 bits per heavy atom. The minimum absolute atomic E-state index is 0.0589. The number of hydrogen-bond acceptors (Lipinski definition) is 5. The highest BCUT2D eigenvalue weighted by atomic mass is 32.2. The molecule has 0 spiro atoms. The van der Waals surface area contributed by atoms with E-state index in [2.05, 4.69) is 9.71 Å². The van der Waals surface area contributed by atoms with Crippen LogP contribution >= 0.6 is 0 Å². The number of rotatable bonds is 4. The van der Waals surface area contributed by atoms with Crippen LogP contribution < -0.4 is 10.5 Å². The van der Waals surface area contributed by atoms with Crippen molar-refractivity contribution in [2.75, 3.05) is 0 Å². The second-order valence-electron chi connectivity index (χ2n) is 5.80. The number of aliphatic carboxylic acids is 1. The second-order valence-corrected chi connectivity index (χ2v) is 7.48. The molecule has 0 radical (unpaired) electrons. The maximum Gasteiger partial charge on any atom is 0.417 e. The quantitative estimate of drug-likeness (QED) is 0.752. The molecule has 0 atom stereocenters. The highest BCUT2D eigenvalue weighted by Crippen LogP contribution is 2.27. The molecule has 1 heterocycles. The molecule has 24 heavy (non-hydrogen) atoms. The highest BCUT2D eigenvalue weighted by Gasteiger charge is 2.30. The lowest BCUT2D eigenvalue weighted by molar-refractivity contribution is -0.142. The first-order chi connectivity index (χ1) is 11.3. The summed E-state index contributed by atoms with van der Waals surface area (Å²) in [5.74, 6) is -3.19. The fourth-order valence-corrected chi connectivity index (χ4v) is 4.28. The van der Waals surface area contributed by atoms with E-state index in [4.69, 9.17) is 9.52 Å². The summed E-state index contributed by atoms with van der Waals surface area (Å²) < 4.78 is 46.0. The van der Waals surface area contributed by atoms with Crippen molar-refractivity contribution >= 4 is 27.1 Å². The third-order valence-electron chi connectivity index (χ3n) is 4.16. The van der Waals surface area contributed by atoms with Gasteiger partial charge >= 0.3 is 11.7 Å². The average molecular weight is 358 g/mol. The van der Waals surface area contributed by atoms with E-state index in [1.807, 2.05) is 0 Å². The zero-order chi connectivity index (χ0) is 17.5. The van der Waals surface area contributed by atoms with Gasteiger partial charge in [0.1, 0.15) is 10.7 Å². The zero-order valence-electron chi connectivity index (χ0n) is 12.4. The number of aromatic amines is 1. The van der Waals surface area contributed by atoms with Gasteiger partial charge in [-0.2, -0.15) is 0 Å². The lowest BCUT2D eigenvalue weighted by Crippen LogP contribution is -2.39. The Morgan fingerprint density at radius 3 is 2.58 bits per heavy atom. The van der Waals surface area contributed by atoms with Crippen molar-refractivity contribution in [3.63, 3.8) is 0 Å². The van der Waals surface area contributed by atoms with Gasteiger partial charge in [0, 0.05) is 18.2 Å². The third-order valence-corrected chi connectivity index (χ3v) is 5.70. The smallest absolute Gasteiger partial charge is 0.417 e. The van der Waals surface area contributed by atoms with Crippen molar-refractivity contribution in [1.82, 2.24) is 9.71 Å². The van der Waals surface area contributed by atoms with Crippen molar-refractivity contribution in [3.8, 4) is 0 Å². The zero-order valence-corrected chi connectivity index (χ0v) is 13.2. The molecule has 0 aliphatic heterocycles. The van der Waals surface area contributed by atoms with Crippen LogP contribution in [-0.4, -0.2) is 30.5 Å². The Labute approximate surface area is 135 Å². The van der Waals surface area contributed by atoms with Gasteiger partial charge in [-0.3, -0.25) is 9.78 Å². The van der Waals surface area contributed by atoms with E-state index in [0.29, 0.717) is 25.7 Å². The summed E-state index contributed by atoms with van der Waals surface area (Å²) in [5, 5.41) is 8.95. The van der Waals surface area contributed by atoms with Crippen LogP contribution in [0.3, 0.4) is 0 Å². The molecule has 1 aromatic carbocycles. The van der Waals surface area contributed by atoms with Gasteiger partial charge in [-0.1, -0.05) is 0 Å². The molecule has 2 aromatic rings. The fourth-order valence-electron chi connectivity index (χ4n) is 2.90. The van der Waals surface area contributed by atoms with Gasteiger partial charge in [-0.05, 0) is 25.7 Å². The van der Waals surface area contributed by atoms with E-state index in [1.165, 1.54) is 0 Å². The molecule has 0 bridgehead atoms. The van der Waals surface area contributed by atoms with Gasteiger partial charge in [0.25, 0.3) is 0 Å². The molecule has 3 N–H and O–H groups in total. The molecular weight excluding hydrogens is 343 g/mol. The van der Waals surface area contributed by atoms with Crippen LogP contribution in [0.15, 0.2) is 26.2 Å². The molecule has 3 rings (SSSR count). The summed E-state index contributed by atoms with van der Waals surface area (Å²) in [7, 11) is -4.16. The Hall–Kier alpha value is -2.20. The molecule has 1 aliphatic rings. The predicted molar refractivity (Wildman–Crippen MR) is 80.5 cm³/mol. The molecule has 8 nitrogen and oxygen atoms in total. The van der Waals surface area contributed by atoms with Crippen LogP contribution in [-0.2, 0) is 14.8 Å². The number of halogens is 1. The number of fused-ring (bicyclic) bond motifs is 1. The topological polar surface area (TPSA) is 129 Å². The Balaban J connectivity index is 1.82. The normalized spacial score (nSPS) is 21.9. The highest BCUT2D eigenvalue weighted by molar-refractivity contribution is 7.89. The van der Waals surface area contributed by atoms with Gasteiger partial charge in [0.05, 0.1) is 11.4 Å². The first kappa shape index (κ1) is 16.7. The number of carboxylic acids is 1. The molecule has 1 aromatic heterocycles.